The van der Waals surface area contributed by atoms with Gasteiger partial charge in [-0.25, -0.2) is 4.79 Å². The summed E-state index contributed by atoms with van der Waals surface area (Å²) in [6.07, 6.45) is -3.52. The number of hydrogen-bond acceptors (Lipinski definition) is 4. The monoisotopic (exact) mass is 438 g/mol. The van der Waals surface area contributed by atoms with Gasteiger partial charge < -0.3 is 14.4 Å². The van der Waals surface area contributed by atoms with Crippen LogP contribution in [0.3, 0.4) is 0 Å². The van der Waals surface area contributed by atoms with Crippen LogP contribution in [-0.2, 0) is 4.79 Å². The molecule has 1 saturated heterocycles. The van der Waals surface area contributed by atoms with Crippen LogP contribution in [0.2, 0.25) is 0 Å². The van der Waals surface area contributed by atoms with Crippen molar-refractivity contribution in [3.05, 3.63) is 59.5 Å². The average molecular weight is 438 g/mol. The molecule has 1 fully saturated rings. The Labute approximate surface area is 178 Å². The Morgan fingerprint density at radius 3 is 2.26 bits per heavy atom. The number of alkyl halides is 3. The molecular weight excluding hydrogens is 413 g/mol. The summed E-state index contributed by atoms with van der Waals surface area (Å²) in [6, 6.07) is 13.1. The van der Waals surface area contributed by atoms with Gasteiger partial charge >= 0.3 is 12.1 Å². The Bertz CT molecular complexity index is 927. The van der Waals surface area contributed by atoms with E-state index in [-0.39, 0.29) is 5.91 Å². The molecule has 168 valence electrons. The van der Waals surface area contributed by atoms with Crippen LogP contribution in [0.4, 0.5) is 13.2 Å². The lowest BCUT2D eigenvalue weighted by molar-refractivity contribution is -0.192. The van der Waals surface area contributed by atoms with E-state index < -0.39 is 12.1 Å². The second-order valence-corrected chi connectivity index (χ2v) is 8.09. The van der Waals surface area contributed by atoms with Crippen LogP contribution in [0, 0.1) is 5.92 Å². The van der Waals surface area contributed by atoms with Gasteiger partial charge in [-0.15, -0.1) is 0 Å². The van der Waals surface area contributed by atoms with Gasteiger partial charge in [0.05, 0.1) is 6.26 Å². The highest BCUT2D eigenvalue weighted by molar-refractivity contribution is 5.91. The number of carboxylic acids is 1. The van der Waals surface area contributed by atoms with Gasteiger partial charge in [0.1, 0.15) is 0 Å². The molecule has 0 saturated carbocycles. The molecule has 0 spiro atoms. The fourth-order valence-electron chi connectivity index (χ4n) is 4.39. The molecule has 0 bridgehead atoms. The molecule has 1 aliphatic heterocycles. The number of aliphatic carboxylic acids is 1. The van der Waals surface area contributed by atoms with Crippen LogP contribution in [0.15, 0.2) is 47.1 Å². The topological polar surface area (TPSA) is 74.0 Å². The average Bonchev–Trinajstić information content (AvgIpc) is 3.42. The number of nitrogens with zero attached hydrogens (tertiary/aromatic N) is 2. The number of hydrogen-bond donors (Lipinski definition) is 1. The van der Waals surface area contributed by atoms with Crippen molar-refractivity contribution in [1.29, 1.82) is 0 Å². The smallest absolute Gasteiger partial charge is 0.475 e. The van der Waals surface area contributed by atoms with Crippen LogP contribution in [0.1, 0.15) is 47.5 Å². The van der Waals surface area contributed by atoms with Crippen LogP contribution in [0.5, 0.6) is 0 Å². The highest BCUT2D eigenvalue weighted by atomic mass is 19.4. The quantitative estimate of drug-likeness (QED) is 0.779. The minimum Gasteiger partial charge on any atom is -0.475 e. The molecule has 6 nitrogen and oxygen atoms in total. The van der Waals surface area contributed by atoms with Crippen molar-refractivity contribution in [2.24, 2.45) is 5.92 Å². The van der Waals surface area contributed by atoms with E-state index in [1.165, 1.54) is 11.1 Å². The summed E-state index contributed by atoms with van der Waals surface area (Å²) in [5.41, 5.74) is 2.85. The van der Waals surface area contributed by atoms with Crippen molar-refractivity contribution >= 4 is 11.9 Å². The summed E-state index contributed by atoms with van der Waals surface area (Å²) in [6.45, 7) is 6.04. The number of amides is 1. The minimum absolute atomic E-state index is 0.0119. The first-order chi connectivity index (χ1) is 14.5. The number of likely N-dealkylation sites (tertiary alicyclic amines) is 1. The van der Waals surface area contributed by atoms with E-state index in [1.807, 2.05) is 4.90 Å². The molecule has 1 amide bonds. The lowest BCUT2D eigenvalue weighted by Gasteiger charge is -2.33. The molecule has 1 aromatic carbocycles. The van der Waals surface area contributed by atoms with Crippen LogP contribution >= 0.6 is 0 Å². The molecule has 31 heavy (non-hydrogen) atoms. The van der Waals surface area contributed by atoms with E-state index in [2.05, 4.69) is 50.1 Å². The summed E-state index contributed by atoms with van der Waals surface area (Å²) in [5.74, 6) is -1.43. The first-order valence-electron chi connectivity index (χ1n) is 9.96. The lowest BCUT2D eigenvalue weighted by atomic mass is 9.93. The summed E-state index contributed by atoms with van der Waals surface area (Å²) >= 11 is 0. The number of carbonyl (C=O) groups excluding carboxylic acids is 1. The molecule has 2 heterocycles. The number of rotatable bonds is 3. The Hall–Kier alpha value is -2.81. The molecule has 0 unspecified atom stereocenters. The van der Waals surface area contributed by atoms with Crippen molar-refractivity contribution in [3.63, 3.8) is 0 Å². The molecule has 1 aliphatic carbocycles. The fourth-order valence-corrected chi connectivity index (χ4v) is 4.39. The van der Waals surface area contributed by atoms with Gasteiger partial charge in [-0.05, 0) is 44.2 Å². The molecule has 0 radical (unpaired) electrons. The standard InChI is InChI=1S/C20H24N2O2.C2HF3O2/c1-13(2)21(3)19-15-8-5-4-7-14(15)16-11-22(12-17(16)19)20(23)18-9-6-10-24-18;3-2(4,5)1(6)7/h4-10,13,16-17,19H,11-12H2,1-3H3;(H,6,7)/t16-,17-,19-;/m0./s1. The van der Waals surface area contributed by atoms with Gasteiger partial charge in [0.2, 0.25) is 0 Å². The number of fused-ring (bicyclic) bond motifs is 3. The molecule has 3 atom stereocenters. The molecule has 4 rings (SSSR count). The van der Waals surface area contributed by atoms with Gasteiger partial charge in [0.25, 0.3) is 5.91 Å². The summed E-state index contributed by atoms with van der Waals surface area (Å²) in [7, 11) is 2.20. The largest absolute Gasteiger partial charge is 0.490 e. The van der Waals surface area contributed by atoms with E-state index >= 15 is 0 Å². The zero-order valence-electron chi connectivity index (χ0n) is 17.5. The summed E-state index contributed by atoms with van der Waals surface area (Å²) in [5, 5.41) is 7.12. The molecule has 1 N–H and O–H groups in total. The first kappa shape index (κ1) is 22.9. The second-order valence-electron chi connectivity index (χ2n) is 8.09. The third-order valence-electron chi connectivity index (χ3n) is 6.00. The molecule has 9 heteroatoms. The van der Waals surface area contributed by atoms with Crippen molar-refractivity contribution in [3.8, 4) is 0 Å². The minimum atomic E-state index is -5.08. The Morgan fingerprint density at radius 2 is 1.74 bits per heavy atom. The van der Waals surface area contributed by atoms with Gasteiger partial charge in [0.15, 0.2) is 5.76 Å². The van der Waals surface area contributed by atoms with E-state index in [1.54, 1.807) is 18.4 Å². The SMILES string of the molecule is CC(C)N(C)[C@H]1c2ccccc2[C@@H]2CN(C(=O)c3ccco3)C[C@@H]21.O=C(O)C(F)(F)F. The maximum Gasteiger partial charge on any atom is 0.490 e. The maximum atomic E-state index is 12.7. The Kier molecular flexibility index (Phi) is 6.45. The van der Waals surface area contributed by atoms with Crippen LogP contribution < -0.4 is 0 Å². The van der Waals surface area contributed by atoms with E-state index in [9.17, 15) is 18.0 Å². The molecular formula is C22H25F3N2O4. The number of furan rings is 1. The zero-order valence-corrected chi connectivity index (χ0v) is 17.5. The van der Waals surface area contributed by atoms with Crippen molar-refractivity contribution in [2.45, 2.75) is 38.0 Å². The van der Waals surface area contributed by atoms with Crippen LogP contribution in [0.25, 0.3) is 0 Å². The van der Waals surface area contributed by atoms with Gasteiger partial charge in [-0.2, -0.15) is 13.2 Å². The first-order valence-corrected chi connectivity index (χ1v) is 9.96. The van der Waals surface area contributed by atoms with Gasteiger partial charge in [-0.1, -0.05) is 24.3 Å². The summed E-state index contributed by atoms with van der Waals surface area (Å²) < 4.78 is 37.0. The molecule has 1 aromatic heterocycles. The lowest BCUT2D eigenvalue weighted by Crippen LogP contribution is -2.36. The van der Waals surface area contributed by atoms with E-state index in [0.29, 0.717) is 29.7 Å². The van der Waals surface area contributed by atoms with Gasteiger partial charge in [-0.3, -0.25) is 9.69 Å². The third-order valence-corrected chi connectivity index (χ3v) is 6.00. The Morgan fingerprint density at radius 1 is 1.13 bits per heavy atom. The van der Waals surface area contributed by atoms with Crippen LogP contribution in [-0.4, -0.2) is 59.1 Å². The maximum absolute atomic E-state index is 12.7. The predicted octanol–water partition coefficient (Wildman–Crippen LogP) is 4.16. The molecule has 2 aliphatic rings. The number of benzene rings is 1. The molecule has 2 aromatic rings. The van der Waals surface area contributed by atoms with E-state index in [0.717, 1.165) is 13.1 Å². The van der Waals surface area contributed by atoms with Gasteiger partial charge in [0, 0.05) is 37.0 Å². The third kappa shape index (κ3) is 4.61. The van der Waals surface area contributed by atoms with Crippen molar-refractivity contribution < 1.29 is 32.3 Å². The normalized spacial score (nSPS) is 22.2. The summed E-state index contributed by atoms with van der Waals surface area (Å²) in [4.78, 5) is 26.0. The van der Waals surface area contributed by atoms with Crippen molar-refractivity contribution in [2.75, 3.05) is 20.1 Å². The number of carbonyl (C=O) groups is 2. The van der Waals surface area contributed by atoms with E-state index in [4.69, 9.17) is 14.3 Å². The number of halogens is 3. The highest BCUT2D eigenvalue weighted by Gasteiger charge is 2.49. The number of carboxylic acid groups (broad SMARTS) is 1. The highest BCUT2D eigenvalue weighted by Crippen LogP contribution is 2.51. The Balaban J connectivity index is 0.000000339. The second kappa shape index (κ2) is 8.74. The fraction of sp³-hybridized carbons (Fsp3) is 0.455. The predicted molar refractivity (Wildman–Crippen MR) is 107 cm³/mol. The van der Waals surface area contributed by atoms with Crippen molar-refractivity contribution in [1.82, 2.24) is 9.80 Å². The zero-order chi connectivity index (χ0) is 22.9.